The maximum atomic E-state index is 6.25. The fourth-order valence-electron chi connectivity index (χ4n) is 0. The Morgan fingerprint density at radius 2 is 0.364 bits per heavy atom. The molecular formula is C5CoN5-5. The third-order valence-electron chi connectivity index (χ3n) is 0. The molecule has 0 aromatic carbocycles. The zero-order chi connectivity index (χ0) is 10.0. The Kier molecular flexibility index (Phi) is 544. The van der Waals surface area contributed by atoms with Crippen LogP contribution in [-0.2, 0) is 16.8 Å². The zero-order valence-corrected chi connectivity index (χ0v) is 6.11. The predicted octanol–water partition coefficient (Wildman–Crippen LogP) is 0.479. The van der Waals surface area contributed by atoms with Gasteiger partial charge in [-0.05, 0) is 0 Å². The second-order valence-electron chi connectivity index (χ2n) is 0. The molecule has 0 atom stereocenters. The molecule has 0 saturated heterocycles. The number of hydrogen-bond donors (Lipinski definition) is 0. The SMILES string of the molecule is [C-]#N.[C-]#N.[C-]#N.[C-]#N.[C-]#N.[Co]. The van der Waals surface area contributed by atoms with Crippen LogP contribution in [0.25, 0.3) is 0 Å². The van der Waals surface area contributed by atoms with E-state index in [0.29, 0.717) is 0 Å². The van der Waals surface area contributed by atoms with E-state index in [-0.39, 0.29) is 16.8 Å². The van der Waals surface area contributed by atoms with Gasteiger partial charge in [0.05, 0.1) is 0 Å². The van der Waals surface area contributed by atoms with Crippen molar-refractivity contribution >= 4 is 0 Å². The van der Waals surface area contributed by atoms with Gasteiger partial charge in [0.15, 0.2) is 0 Å². The third-order valence-corrected chi connectivity index (χ3v) is 0. The molecule has 0 aromatic rings. The van der Waals surface area contributed by atoms with E-state index >= 15 is 0 Å². The summed E-state index contributed by atoms with van der Waals surface area (Å²) in [6.45, 7) is 23.8. The first-order valence-electron chi connectivity index (χ1n) is 1.12. The maximum absolute atomic E-state index is 6.25. The summed E-state index contributed by atoms with van der Waals surface area (Å²) in [6, 6.07) is 0. The first-order chi connectivity index (χ1) is 5.00. The minimum Gasteiger partial charge on any atom is -0.512 e. The van der Waals surface area contributed by atoms with Crippen molar-refractivity contribution in [2.75, 3.05) is 0 Å². The Balaban J connectivity index is -0.00000000694. The van der Waals surface area contributed by atoms with Gasteiger partial charge in [0, 0.05) is 16.8 Å². The molecular weight excluding hydrogens is 189 g/mol. The molecule has 0 amide bonds. The van der Waals surface area contributed by atoms with Crippen LogP contribution in [0.2, 0.25) is 0 Å². The van der Waals surface area contributed by atoms with Crippen molar-refractivity contribution in [2.45, 2.75) is 0 Å². The van der Waals surface area contributed by atoms with Crippen molar-refractivity contribution in [1.82, 2.24) is 0 Å². The van der Waals surface area contributed by atoms with E-state index in [4.69, 9.17) is 59.2 Å². The molecule has 1 radical (unpaired) electrons. The first-order valence-corrected chi connectivity index (χ1v) is 1.12. The molecule has 5 nitrogen and oxygen atoms in total. The molecule has 0 spiro atoms. The molecule has 0 N–H and O–H groups in total. The largest absolute Gasteiger partial charge is 0.512 e. The second-order valence-corrected chi connectivity index (χ2v) is 0. The van der Waals surface area contributed by atoms with Crippen LogP contribution in [0.3, 0.4) is 0 Å². The van der Waals surface area contributed by atoms with Gasteiger partial charge in [-0.2, -0.15) is 0 Å². The number of hydrogen-bond acceptors (Lipinski definition) is 5. The minimum atomic E-state index is 0. The topological polar surface area (TPSA) is 119 Å². The standard InChI is InChI=1S/5CN.Co/c5*1-2;/q5*-1;. The normalized spacial score (nSPS) is 0.909. The van der Waals surface area contributed by atoms with Crippen molar-refractivity contribution in [3.8, 4) is 0 Å². The van der Waals surface area contributed by atoms with E-state index < -0.39 is 0 Å². The van der Waals surface area contributed by atoms with Crippen LogP contribution in [0.15, 0.2) is 0 Å². The van der Waals surface area contributed by atoms with E-state index in [1.165, 1.54) is 0 Å². The van der Waals surface area contributed by atoms with Gasteiger partial charge in [0.1, 0.15) is 0 Å². The van der Waals surface area contributed by atoms with Crippen LogP contribution in [0, 0.1) is 59.2 Å². The average molecular weight is 189 g/mol. The Labute approximate surface area is 76.5 Å². The fraction of sp³-hybridized carbons (Fsp3) is 0. The summed E-state index contributed by atoms with van der Waals surface area (Å²) in [7, 11) is 0. The molecule has 0 aliphatic carbocycles. The Morgan fingerprint density at radius 1 is 0.364 bits per heavy atom. The molecule has 11 heavy (non-hydrogen) atoms. The molecule has 0 unspecified atom stereocenters. The van der Waals surface area contributed by atoms with Crippen LogP contribution >= 0.6 is 0 Å². The Morgan fingerprint density at radius 3 is 0.364 bits per heavy atom. The van der Waals surface area contributed by atoms with E-state index in [9.17, 15) is 0 Å². The van der Waals surface area contributed by atoms with Crippen LogP contribution in [0.1, 0.15) is 0 Å². The van der Waals surface area contributed by atoms with Gasteiger partial charge in [0.25, 0.3) is 0 Å². The van der Waals surface area contributed by atoms with Crippen molar-refractivity contribution in [2.24, 2.45) is 0 Å². The Bertz CT molecular complexity index is 73.4. The van der Waals surface area contributed by atoms with Gasteiger partial charge in [-0.25, -0.2) is 0 Å². The molecule has 59 valence electrons. The van der Waals surface area contributed by atoms with Crippen molar-refractivity contribution < 1.29 is 16.8 Å². The average Bonchev–Trinajstić information content (AvgIpc) is 2.20. The summed E-state index contributed by atoms with van der Waals surface area (Å²) >= 11 is 0. The van der Waals surface area contributed by atoms with Gasteiger partial charge in [-0.1, -0.05) is 0 Å². The number of nitrogens with zero attached hydrogens (tertiary/aromatic N) is 5. The van der Waals surface area contributed by atoms with Crippen LogP contribution in [0.4, 0.5) is 0 Å². The molecule has 0 aliphatic rings. The van der Waals surface area contributed by atoms with Gasteiger partial charge < -0.3 is 59.2 Å². The monoisotopic (exact) mass is 189 g/mol. The molecule has 0 aromatic heterocycles. The van der Waals surface area contributed by atoms with E-state index in [1.807, 2.05) is 0 Å². The molecule has 0 heterocycles. The molecule has 0 saturated carbocycles. The molecule has 0 aliphatic heterocycles. The Hall–Kier alpha value is -2.04. The van der Waals surface area contributed by atoms with Gasteiger partial charge >= 0.3 is 0 Å². The predicted molar refractivity (Wildman–Crippen MR) is 24.8 cm³/mol. The zero-order valence-electron chi connectivity index (χ0n) is 5.07. The molecule has 6 heteroatoms. The molecule has 0 rings (SSSR count). The maximum Gasteiger partial charge on any atom is 0 e. The first kappa shape index (κ1) is 64.9. The fourth-order valence-corrected chi connectivity index (χ4v) is 0. The summed E-state index contributed by atoms with van der Waals surface area (Å²) in [5.74, 6) is 0. The van der Waals surface area contributed by atoms with Crippen LogP contribution < -0.4 is 0 Å². The quantitative estimate of drug-likeness (QED) is 0.513. The van der Waals surface area contributed by atoms with Crippen LogP contribution in [0.5, 0.6) is 0 Å². The van der Waals surface area contributed by atoms with Crippen molar-refractivity contribution in [1.29, 1.82) is 26.3 Å². The molecule has 0 bridgehead atoms. The summed E-state index contributed by atoms with van der Waals surface area (Å²) < 4.78 is 0. The van der Waals surface area contributed by atoms with Crippen LogP contribution in [-0.4, -0.2) is 0 Å². The van der Waals surface area contributed by atoms with E-state index in [2.05, 4.69) is 0 Å². The van der Waals surface area contributed by atoms with E-state index in [1.54, 1.807) is 0 Å². The molecule has 0 fully saturated rings. The summed E-state index contributed by atoms with van der Waals surface area (Å²) in [5.41, 5.74) is 0. The third kappa shape index (κ3) is 67.6. The smallest absolute Gasteiger partial charge is 0 e. The summed E-state index contributed by atoms with van der Waals surface area (Å²) in [4.78, 5) is 0. The summed E-state index contributed by atoms with van der Waals surface area (Å²) in [5, 5.41) is 31.2. The van der Waals surface area contributed by atoms with Gasteiger partial charge in [-0.3, -0.25) is 0 Å². The van der Waals surface area contributed by atoms with E-state index in [0.717, 1.165) is 0 Å². The second kappa shape index (κ2) is 92.2. The van der Waals surface area contributed by atoms with Gasteiger partial charge in [0.2, 0.25) is 0 Å². The minimum absolute atomic E-state index is 0. The number of rotatable bonds is 0. The van der Waals surface area contributed by atoms with Crippen molar-refractivity contribution in [3.63, 3.8) is 0 Å². The van der Waals surface area contributed by atoms with Gasteiger partial charge in [-0.15, -0.1) is 0 Å². The summed E-state index contributed by atoms with van der Waals surface area (Å²) in [6.07, 6.45) is 0. The van der Waals surface area contributed by atoms with Crippen molar-refractivity contribution in [3.05, 3.63) is 32.9 Å².